The first kappa shape index (κ1) is 10.8. The van der Waals surface area contributed by atoms with E-state index in [0.29, 0.717) is 6.54 Å². The van der Waals surface area contributed by atoms with Gasteiger partial charge in [-0.25, -0.2) is 4.98 Å². The highest BCUT2D eigenvalue weighted by molar-refractivity contribution is 5.11. The van der Waals surface area contributed by atoms with Gasteiger partial charge in [-0.2, -0.15) is 0 Å². The second-order valence-corrected chi connectivity index (χ2v) is 3.85. The Kier molecular flexibility index (Phi) is 3.31. The molecule has 0 atom stereocenters. The van der Waals surface area contributed by atoms with Crippen molar-refractivity contribution < 1.29 is 0 Å². The van der Waals surface area contributed by atoms with Gasteiger partial charge in [-0.15, -0.1) is 0 Å². The highest BCUT2D eigenvalue weighted by Gasteiger charge is 2.00. The lowest BCUT2D eigenvalue weighted by molar-refractivity contribution is 0.768. The van der Waals surface area contributed by atoms with Gasteiger partial charge >= 0.3 is 0 Å². The van der Waals surface area contributed by atoms with E-state index in [0.717, 1.165) is 30.0 Å². The molecule has 0 amide bonds. The molecule has 4 heteroatoms. The minimum Gasteiger partial charge on any atom is -0.331 e. The Morgan fingerprint density at radius 2 is 2.19 bits per heavy atom. The fraction of sp³-hybridized carbons (Fsp3) is 0.333. The average Bonchev–Trinajstić information content (AvgIpc) is 2.66. The van der Waals surface area contributed by atoms with Gasteiger partial charge < -0.3 is 10.3 Å². The van der Waals surface area contributed by atoms with Crippen LogP contribution >= 0.6 is 0 Å². The summed E-state index contributed by atoms with van der Waals surface area (Å²) in [4.78, 5) is 8.73. The predicted octanol–water partition coefficient (Wildman–Crippen LogP) is 1.14. The Morgan fingerprint density at radius 3 is 2.94 bits per heavy atom. The summed E-state index contributed by atoms with van der Waals surface area (Å²) < 4.78 is 2.03. The molecule has 2 heterocycles. The molecule has 2 aromatic heterocycles. The van der Waals surface area contributed by atoms with Crippen LogP contribution in [-0.2, 0) is 13.0 Å². The van der Waals surface area contributed by atoms with Gasteiger partial charge in [0.05, 0.1) is 24.3 Å². The van der Waals surface area contributed by atoms with Crippen LogP contribution in [0.2, 0.25) is 0 Å². The lowest BCUT2D eigenvalue weighted by atomic mass is 10.3. The van der Waals surface area contributed by atoms with E-state index in [9.17, 15) is 0 Å². The number of aromatic nitrogens is 3. The zero-order valence-corrected chi connectivity index (χ0v) is 9.43. The van der Waals surface area contributed by atoms with E-state index in [1.807, 2.05) is 42.2 Å². The molecule has 0 aliphatic carbocycles. The number of hydrogen-bond donors (Lipinski definition) is 1. The van der Waals surface area contributed by atoms with Crippen molar-refractivity contribution in [2.75, 3.05) is 6.54 Å². The molecular weight excluding hydrogens is 200 g/mol. The van der Waals surface area contributed by atoms with Gasteiger partial charge in [0.1, 0.15) is 0 Å². The Balaban J connectivity index is 2.08. The molecule has 0 aliphatic rings. The first-order valence-corrected chi connectivity index (χ1v) is 5.41. The molecular formula is C12H16N4. The van der Waals surface area contributed by atoms with Crippen LogP contribution in [0.3, 0.4) is 0 Å². The Bertz CT molecular complexity index is 462. The average molecular weight is 216 g/mol. The minimum absolute atomic E-state index is 0.639. The van der Waals surface area contributed by atoms with Crippen LogP contribution in [-0.4, -0.2) is 21.1 Å². The van der Waals surface area contributed by atoms with Crippen LogP contribution < -0.4 is 5.73 Å². The van der Waals surface area contributed by atoms with Crippen LogP contribution in [0.5, 0.6) is 0 Å². The van der Waals surface area contributed by atoms with E-state index < -0.39 is 0 Å². The molecule has 0 aliphatic heterocycles. The second kappa shape index (κ2) is 4.90. The third-order valence-corrected chi connectivity index (χ3v) is 2.38. The molecule has 0 saturated carbocycles. The molecule has 0 aromatic carbocycles. The number of aryl methyl sites for hydroxylation is 1. The van der Waals surface area contributed by atoms with Crippen molar-refractivity contribution in [1.82, 2.24) is 14.5 Å². The Hall–Kier alpha value is -1.68. The van der Waals surface area contributed by atoms with Gasteiger partial charge in [0.25, 0.3) is 0 Å². The highest BCUT2D eigenvalue weighted by atomic mass is 15.0. The predicted molar refractivity (Wildman–Crippen MR) is 63.1 cm³/mol. The quantitative estimate of drug-likeness (QED) is 0.833. The van der Waals surface area contributed by atoms with E-state index in [-0.39, 0.29) is 0 Å². The molecule has 16 heavy (non-hydrogen) atoms. The number of rotatable bonds is 4. The first-order chi connectivity index (χ1) is 7.78. The molecule has 2 rings (SSSR count). The summed E-state index contributed by atoms with van der Waals surface area (Å²) in [5.74, 6) is 0. The maximum Gasteiger partial charge on any atom is 0.0953 e. The molecule has 0 bridgehead atoms. The van der Waals surface area contributed by atoms with Crippen molar-refractivity contribution in [3.63, 3.8) is 0 Å². The normalized spacial score (nSPS) is 10.6. The number of hydrogen-bond acceptors (Lipinski definition) is 3. The van der Waals surface area contributed by atoms with Crippen LogP contribution in [0.4, 0.5) is 0 Å². The van der Waals surface area contributed by atoms with Crippen LogP contribution in [0.1, 0.15) is 17.1 Å². The van der Waals surface area contributed by atoms with Gasteiger partial charge in [-0.1, -0.05) is 6.07 Å². The monoisotopic (exact) mass is 216 g/mol. The lowest BCUT2D eigenvalue weighted by Gasteiger charge is -2.02. The Labute approximate surface area is 95.1 Å². The molecule has 84 valence electrons. The van der Waals surface area contributed by atoms with Crippen LogP contribution in [0.15, 0.2) is 30.7 Å². The van der Waals surface area contributed by atoms with Gasteiger partial charge in [0.15, 0.2) is 0 Å². The molecule has 4 nitrogen and oxygen atoms in total. The smallest absolute Gasteiger partial charge is 0.0953 e. The fourth-order valence-corrected chi connectivity index (χ4v) is 1.64. The zero-order chi connectivity index (χ0) is 11.4. The first-order valence-electron chi connectivity index (χ1n) is 5.41. The van der Waals surface area contributed by atoms with E-state index in [1.165, 1.54) is 0 Å². The number of pyridine rings is 1. The molecule has 0 radical (unpaired) electrons. The highest BCUT2D eigenvalue weighted by Crippen LogP contribution is 2.03. The van der Waals surface area contributed by atoms with E-state index in [2.05, 4.69) is 9.97 Å². The summed E-state index contributed by atoms with van der Waals surface area (Å²) >= 11 is 0. The van der Waals surface area contributed by atoms with Crippen molar-refractivity contribution >= 4 is 0 Å². The third-order valence-electron chi connectivity index (χ3n) is 2.38. The summed E-state index contributed by atoms with van der Waals surface area (Å²) in [6, 6.07) is 6.04. The van der Waals surface area contributed by atoms with Gasteiger partial charge in [0.2, 0.25) is 0 Å². The number of imidazole rings is 1. The zero-order valence-electron chi connectivity index (χ0n) is 9.43. The largest absolute Gasteiger partial charge is 0.331 e. The van der Waals surface area contributed by atoms with E-state index in [1.54, 1.807) is 0 Å². The van der Waals surface area contributed by atoms with E-state index >= 15 is 0 Å². The minimum atomic E-state index is 0.639. The Morgan fingerprint density at radius 1 is 1.31 bits per heavy atom. The summed E-state index contributed by atoms with van der Waals surface area (Å²) in [5, 5.41) is 0. The van der Waals surface area contributed by atoms with Crippen molar-refractivity contribution in [3.05, 3.63) is 47.8 Å². The number of nitrogens with zero attached hydrogens (tertiary/aromatic N) is 3. The lowest BCUT2D eigenvalue weighted by Crippen LogP contribution is -2.03. The maximum atomic E-state index is 5.48. The molecule has 2 aromatic rings. The van der Waals surface area contributed by atoms with Gasteiger partial charge in [-0.3, -0.25) is 4.98 Å². The third kappa shape index (κ3) is 2.67. The summed E-state index contributed by atoms with van der Waals surface area (Å²) in [6.45, 7) is 3.40. The summed E-state index contributed by atoms with van der Waals surface area (Å²) in [5.41, 5.74) is 8.61. The standard InChI is InChI=1S/C12H16N4/c1-10-3-2-4-12(15-10)8-16-7-11(5-6-13)14-9-16/h2-4,7,9H,5-6,8,13H2,1H3. The molecule has 0 fully saturated rings. The van der Waals surface area contributed by atoms with Crippen molar-refractivity contribution in [2.24, 2.45) is 5.73 Å². The molecule has 0 spiro atoms. The molecule has 0 saturated heterocycles. The molecule has 2 N–H and O–H groups in total. The fourth-order valence-electron chi connectivity index (χ4n) is 1.64. The van der Waals surface area contributed by atoms with Crippen molar-refractivity contribution in [2.45, 2.75) is 19.9 Å². The SMILES string of the molecule is Cc1cccc(Cn2cnc(CCN)c2)n1. The van der Waals surface area contributed by atoms with Crippen molar-refractivity contribution in [3.8, 4) is 0 Å². The van der Waals surface area contributed by atoms with Gasteiger partial charge in [-0.05, 0) is 25.6 Å². The molecule has 0 unspecified atom stereocenters. The summed E-state index contributed by atoms with van der Waals surface area (Å²) in [7, 11) is 0. The van der Waals surface area contributed by atoms with Crippen LogP contribution in [0.25, 0.3) is 0 Å². The number of nitrogens with two attached hydrogens (primary N) is 1. The maximum absolute atomic E-state index is 5.48. The van der Waals surface area contributed by atoms with Crippen LogP contribution in [0, 0.1) is 6.92 Å². The van der Waals surface area contributed by atoms with Crippen molar-refractivity contribution in [1.29, 1.82) is 0 Å². The topological polar surface area (TPSA) is 56.7 Å². The summed E-state index contributed by atoms with van der Waals surface area (Å²) in [6.07, 6.45) is 4.68. The van der Waals surface area contributed by atoms with Gasteiger partial charge in [0, 0.05) is 18.3 Å². The second-order valence-electron chi connectivity index (χ2n) is 3.85. The van der Waals surface area contributed by atoms with E-state index in [4.69, 9.17) is 5.73 Å².